The Morgan fingerprint density at radius 2 is 1.78 bits per heavy atom. The third kappa shape index (κ3) is 5.65. The van der Waals surface area contributed by atoms with Gasteiger partial charge in [0.15, 0.2) is 0 Å². The van der Waals surface area contributed by atoms with Crippen LogP contribution in [0.25, 0.3) is 0 Å². The van der Waals surface area contributed by atoms with Crippen LogP contribution in [0.1, 0.15) is 42.5 Å². The van der Waals surface area contributed by atoms with E-state index in [1.54, 1.807) is 37.4 Å². The van der Waals surface area contributed by atoms with Gasteiger partial charge in [-0.15, -0.1) is 0 Å². The van der Waals surface area contributed by atoms with Gasteiger partial charge in [-0.2, -0.15) is 0 Å². The topological polar surface area (TPSA) is 66.5 Å². The first-order valence-corrected chi connectivity index (χ1v) is 10.5. The molecule has 0 fully saturated rings. The summed E-state index contributed by atoms with van der Waals surface area (Å²) in [5, 5.41) is 2.99. The minimum absolute atomic E-state index is 0.0759. The molecule has 0 saturated carbocycles. The molecule has 2 aromatic carbocycles. The number of rotatable bonds is 8. The third-order valence-electron chi connectivity index (χ3n) is 4.60. The number of benzene rings is 2. The minimum Gasteiger partial charge on any atom is -0.350 e. The molecule has 6 heteroatoms. The van der Waals surface area contributed by atoms with Gasteiger partial charge in [0.25, 0.3) is 0 Å². The number of amides is 1. The molecule has 146 valence electrons. The average molecular weight is 389 g/mol. The quantitative estimate of drug-likeness (QED) is 0.752. The summed E-state index contributed by atoms with van der Waals surface area (Å²) in [5.41, 5.74) is 3.44. The highest BCUT2D eigenvalue weighted by molar-refractivity contribution is 7.89. The highest BCUT2D eigenvalue weighted by Gasteiger charge is 2.20. The molecule has 1 N–H and O–H groups in total. The lowest BCUT2D eigenvalue weighted by Crippen LogP contribution is -2.30. The maximum Gasteiger partial charge on any atom is 0.242 e. The van der Waals surface area contributed by atoms with Crippen LogP contribution in [0.3, 0.4) is 0 Å². The van der Waals surface area contributed by atoms with Gasteiger partial charge in [0.05, 0.1) is 10.9 Å². The lowest BCUT2D eigenvalue weighted by atomic mass is 10.0. The van der Waals surface area contributed by atoms with Gasteiger partial charge in [0, 0.05) is 20.0 Å². The van der Waals surface area contributed by atoms with Crippen LogP contribution in [0.5, 0.6) is 0 Å². The van der Waals surface area contributed by atoms with Crippen LogP contribution in [0, 0.1) is 13.8 Å². The van der Waals surface area contributed by atoms with E-state index in [2.05, 4.69) is 11.4 Å². The maximum atomic E-state index is 12.5. The molecular weight excluding hydrogens is 360 g/mol. The molecule has 5 nitrogen and oxygen atoms in total. The minimum atomic E-state index is -3.51. The van der Waals surface area contributed by atoms with Gasteiger partial charge < -0.3 is 5.32 Å². The Bertz CT molecular complexity index is 880. The van der Waals surface area contributed by atoms with Gasteiger partial charge in [-0.1, -0.05) is 42.0 Å². The van der Waals surface area contributed by atoms with E-state index in [1.807, 2.05) is 32.9 Å². The van der Waals surface area contributed by atoms with Gasteiger partial charge in [-0.25, -0.2) is 12.7 Å². The van der Waals surface area contributed by atoms with Crippen molar-refractivity contribution >= 4 is 15.9 Å². The van der Waals surface area contributed by atoms with E-state index >= 15 is 0 Å². The number of nitrogens with zero attached hydrogens (tertiary/aromatic N) is 1. The van der Waals surface area contributed by atoms with E-state index in [-0.39, 0.29) is 23.3 Å². The Morgan fingerprint density at radius 3 is 2.41 bits per heavy atom. The summed E-state index contributed by atoms with van der Waals surface area (Å²) in [7, 11) is -1.97. The van der Waals surface area contributed by atoms with Crippen molar-refractivity contribution in [3.8, 4) is 0 Å². The largest absolute Gasteiger partial charge is 0.350 e. The van der Waals surface area contributed by atoms with Gasteiger partial charge in [0.1, 0.15) is 0 Å². The fourth-order valence-corrected chi connectivity index (χ4v) is 4.29. The summed E-state index contributed by atoms with van der Waals surface area (Å²) in [6, 6.07) is 14.4. The van der Waals surface area contributed by atoms with Gasteiger partial charge in [-0.05, 0) is 50.5 Å². The monoisotopic (exact) mass is 388 g/mol. The van der Waals surface area contributed by atoms with Crippen molar-refractivity contribution in [2.45, 2.75) is 44.6 Å². The summed E-state index contributed by atoms with van der Waals surface area (Å²) in [6.45, 7) is 6.33. The van der Waals surface area contributed by atoms with Crippen molar-refractivity contribution in [2.24, 2.45) is 0 Å². The molecule has 0 aliphatic carbocycles. The number of sulfonamides is 1. The van der Waals surface area contributed by atoms with Crippen LogP contribution in [0.4, 0.5) is 0 Å². The first kappa shape index (κ1) is 21.1. The van der Waals surface area contributed by atoms with Gasteiger partial charge in [-0.3, -0.25) is 4.79 Å². The zero-order valence-electron chi connectivity index (χ0n) is 16.4. The molecule has 0 heterocycles. The van der Waals surface area contributed by atoms with Crippen LogP contribution in [-0.4, -0.2) is 32.2 Å². The van der Waals surface area contributed by atoms with Crippen molar-refractivity contribution in [2.75, 3.05) is 13.6 Å². The number of carbonyl (C=O) groups excluding carboxylic acids is 1. The zero-order valence-corrected chi connectivity index (χ0v) is 17.2. The Kier molecular flexibility index (Phi) is 7.16. The normalized spacial score (nSPS) is 12.8. The summed E-state index contributed by atoms with van der Waals surface area (Å²) in [6.07, 6.45) is 0.748. The lowest BCUT2D eigenvalue weighted by molar-refractivity contribution is -0.121. The molecule has 0 aliphatic rings. The lowest BCUT2D eigenvalue weighted by Gasteiger charge is -2.19. The molecule has 0 saturated heterocycles. The standard InChI is InChI=1S/C21H28N2O3S/c1-16-12-13-20(17(2)15-16)18(3)22-21(24)11-8-14-23(4)27(25,26)19-9-6-5-7-10-19/h5-7,9-10,12-13,15,18H,8,11,14H2,1-4H3,(H,22,24). The number of nitrogens with one attached hydrogen (secondary N) is 1. The van der Waals surface area contributed by atoms with Gasteiger partial charge in [0.2, 0.25) is 15.9 Å². The predicted octanol–water partition coefficient (Wildman–Crippen LogP) is 3.58. The molecule has 2 aromatic rings. The highest BCUT2D eigenvalue weighted by Crippen LogP contribution is 2.19. The summed E-state index contributed by atoms with van der Waals surface area (Å²) >= 11 is 0. The van der Waals surface area contributed by atoms with Crippen molar-refractivity contribution in [3.05, 3.63) is 65.2 Å². The number of aryl methyl sites for hydroxylation is 2. The van der Waals surface area contributed by atoms with Crippen LogP contribution in [-0.2, 0) is 14.8 Å². The molecule has 1 unspecified atom stereocenters. The van der Waals surface area contributed by atoms with E-state index in [0.717, 1.165) is 11.1 Å². The highest BCUT2D eigenvalue weighted by atomic mass is 32.2. The van der Waals surface area contributed by atoms with Gasteiger partial charge >= 0.3 is 0 Å². The molecule has 0 spiro atoms. The number of hydrogen-bond donors (Lipinski definition) is 1. The number of hydrogen-bond acceptors (Lipinski definition) is 3. The molecule has 0 aliphatic heterocycles. The molecule has 0 radical (unpaired) electrons. The Morgan fingerprint density at radius 1 is 1.11 bits per heavy atom. The summed E-state index contributed by atoms with van der Waals surface area (Å²) < 4.78 is 26.2. The molecule has 0 bridgehead atoms. The SMILES string of the molecule is Cc1ccc(C(C)NC(=O)CCCN(C)S(=O)(=O)c2ccccc2)c(C)c1. The first-order chi connectivity index (χ1) is 12.7. The van der Waals surface area contributed by atoms with E-state index in [0.29, 0.717) is 13.0 Å². The maximum absolute atomic E-state index is 12.5. The first-order valence-electron chi connectivity index (χ1n) is 9.09. The second kappa shape index (κ2) is 9.15. The Balaban J connectivity index is 1.85. The Labute approximate surface area is 162 Å². The molecule has 0 aromatic heterocycles. The molecular formula is C21H28N2O3S. The fourth-order valence-electron chi connectivity index (χ4n) is 3.06. The Hall–Kier alpha value is -2.18. The molecule has 1 atom stereocenters. The molecule has 2 rings (SSSR count). The second-order valence-corrected chi connectivity index (χ2v) is 8.94. The van der Waals surface area contributed by atoms with Crippen LogP contribution < -0.4 is 5.32 Å². The number of carbonyl (C=O) groups is 1. The summed E-state index contributed by atoms with van der Waals surface area (Å²) in [5.74, 6) is -0.0759. The smallest absolute Gasteiger partial charge is 0.242 e. The predicted molar refractivity (Wildman–Crippen MR) is 108 cm³/mol. The van der Waals surface area contributed by atoms with Crippen molar-refractivity contribution in [1.82, 2.24) is 9.62 Å². The van der Waals surface area contributed by atoms with Crippen molar-refractivity contribution < 1.29 is 13.2 Å². The second-order valence-electron chi connectivity index (χ2n) is 6.89. The third-order valence-corrected chi connectivity index (χ3v) is 6.47. The molecule has 1 amide bonds. The van der Waals surface area contributed by atoms with Crippen molar-refractivity contribution in [3.63, 3.8) is 0 Å². The van der Waals surface area contributed by atoms with E-state index < -0.39 is 10.0 Å². The van der Waals surface area contributed by atoms with E-state index in [9.17, 15) is 13.2 Å². The van der Waals surface area contributed by atoms with Crippen LogP contribution >= 0.6 is 0 Å². The van der Waals surface area contributed by atoms with Crippen LogP contribution in [0.15, 0.2) is 53.4 Å². The fraction of sp³-hybridized carbons (Fsp3) is 0.381. The van der Waals surface area contributed by atoms with Crippen molar-refractivity contribution in [1.29, 1.82) is 0 Å². The van der Waals surface area contributed by atoms with E-state index in [1.165, 1.54) is 9.87 Å². The zero-order chi connectivity index (χ0) is 20.0. The summed E-state index contributed by atoms with van der Waals surface area (Å²) in [4.78, 5) is 12.5. The van der Waals surface area contributed by atoms with Crippen LogP contribution in [0.2, 0.25) is 0 Å². The molecule has 27 heavy (non-hydrogen) atoms. The van der Waals surface area contributed by atoms with E-state index in [4.69, 9.17) is 0 Å². The average Bonchev–Trinajstić information content (AvgIpc) is 2.62.